The van der Waals surface area contributed by atoms with Gasteiger partial charge < -0.3 is 9.84 Å². The maximum atomic E-state index is 11.1. The first kappa shape index (κ1) is 17.3. The van der Waals surface area contributed by atoms with Gasteiger partial charge in [0.15, 0.2) is 0 Å². The fraction of sp³-hybridized carbons (Fsp3) is 0.737. The highest BCUT2D eigenvalue weighted by molar-refractivity contribution is 5.70. The van der Waals surface area contributed by atoms with E-state index in [4.69, 9.17) is 0 Å². The van der Waals surface area contributed by atoms with Gasteiger partial charge in [0, 0.05) is 0 Å². The molecule has 4 atom stereocenters. The monoisotopic (exact) mass is 306 g/mol. The summed E-state index contributed by atoms with van der Waals surface area (Å²) in [5, 5.41) is 10.3. The Labute approximate surface area is 134 Å². The summed E-state index contributed by atoms with van der Waals surface area (Å²) in [5.41, 5.74) is 1.70. The molecule has 2 aliphatic rings. The van der Waals surface area contributed by atoms with Crippen LogP contribution in [0.5, 0.6) is 0 Å². The Hall–Kier alpha value is -1.09. The summed E-state index contributed by atoms with van der Waals surface area (Å²) >= 11 is 0. The largest absolute Gasteiger partial charge is 0.469 e. The van der Waals surface area contributed by atoms with Crippen LogP contribution >= 0.6 is 0 Å². The zero-order valence-corrected chi connectivity index (χ0v) is 14.2. The average molecular weight is 306 g/mol. The second-order valence-corrected chi connectivity index (χ2v) is 7.01. The minimum Gasteiger partial charge on any atom is -0.469 e. The standard InChI is InChI=1S/C19H30O3/c1-4-14(8-5-6-10-18(21)22-3)15-11-12-16-17(20)9-7-13-19(15,16)2/h5-6,8,15-17,20H,4,7,9-13H2,1-3H3/b6-5+,14-8-/t15-,16+,17+,19+/m1/s1. The van der Waals surface area contributed by atoms with Crippen LogP contribution in [0.15, 0.2) is 23.8 Å². The maximum absolute atomic E-state index is 11.1. The third-order valence-corrected chi connectivity index (χ3v) is 5.90. The van der Waals surface area contributed by atoms with E-state index in [-0.39, 0.29) is 17.5 Å². The van der Waals surface area contributed by atoms with Crippen LogP contribution < -0.4 is 0 Å². The SMILES string of the molecule is CC/C(=C/C=C/CC(=O)OC)[C@H]1CC[C@H]2[C@@H](O)CCC[C@@]12C. The Bertz CT molecular complexity index is 452. The van der Waals surface area contributed by atoms with E-state index in [1.807, 2.05) is 12.2 Å². The molecule has 0 bridgehead atoms. The van der Waals surface area contributed by atoms with Crippen LogP contribution in [-0.4, -0.2) is 24.3 Å². The summed E-state index contributed by atoms with van der Waals surface area (Å²) in [4.78, 5) is 11.1. The number of carbonyl (C=O) groups excluding carboxylic acids is 1. The number of allylic oxidation sites excluding steroid dienone is 3. The number of ether oxygens (including phenoxy) is 1. The fourth-order valence-electron chi connectivity index (χ4n) is 4.68. The molecule has 0 unspecified atom stereocenters. The molecule has 124 valence electrons. The molecule has 0 radical (unpaired) electrons. The number of carbonyl (C=O) groups is 1. The number of esters is 1. The van der Waals surface area contributed by atoms with E-state index in [0.29, 0.717) is 18.3 Å². The number of hydrogen-bond donors (Lipinski definition) is 1. The molecule has 2 rings (SSSR count). The highest BCUT2D eigenvalue weighted by Gasteiger charge is 2.51. The first-order valence-corrected chi connectivity index (χ1v) is 8.63. The molecular formula is C19H30O3. The van der Waals surface area contributed by atoms with E-state index in [9.17, 15) is 9.90 Å². The third-order valence-electron chi connectivity index (χ3n) is 5.90. The second-order valence-electron chi connectivity index (χ2n) is 7.01. The van der Waals surface area contributed by atoms with Gasteiger partial charge in [0.05, 0.1) is 19.6 Å². The highest BCUT2D eigenvalue weighted by atomic mass is 16.5. The molecule has 0 amide bonds. The van der Waals surface area contributed by atoms with Crippen molar-refractivity contribution in [1.29, 1.82) is 0 Å². The van der Waals surface area contributed by atoms with Crippen molar-refractivity contribution in [1.82, 2.24) is 0 Å². The number of rotatable bonds is 5. The van der Waals surface area contributed by atoms with E-state index in [2.05, 4.69) is 24.7 Å². The van der Waals surface area contributed by atoms with Gasteiger partial charge in [-0.2, -0.15) is 0 Å². The minimum absolute atomic E-state index is 0.114. The molecule has 0 spiro atoms. The zero-order valence-electron chi connectivity index (χ0n) is 14.2. The van der Waals surface area contributed by atoms with Gasteiger partial charge in [-0.05, 0) is 49.4 Å². The Morgan fingerprint density at radius 1 is 1.36 bits per heavy atom. The summed E-state index contributed by atoms with van der Waals surface area (Å²) in [6.45, 7) is 4.58. The van der Waals surface area contributed by atoms with Gasteiger partial charge in [0.2, 0.25) is 0 Å². The Morgan fingerprint density at radius 3 is 2.82 bits per heavy atom. The molecule has 0 aromatic rings. The van der Waals surface area contributed by atoms with E-state index < -0.39 is 0 Å². The molecule has 3 nitrogen and oxygen atoms in total. The van der Waals surface area contributed by atoms with E-state index in [1.54, 1.807) is 0 Å². The van der Waals surface area contributed by atoms with Gasteiger partial charge >= 0.3 is 5.97 Å². The fourth-order valence-corrected chi connectivity index (χ4v) is 4.68. The van der Waals surface area contributed by atoms with Gasteiger partial charge in [0.1, 0.15) is 0 Å². The number of methoxy groups -OCH3 is 1. The second kappa shape index (κ2) is 7.45. The summed E-state index contributed by atoms with van der Waals surface area (Å²) in [7, 11) is 1.41. The molecule has 0 aliphatic heterocycles. The van der Waals surface area contributed by atoms with Gasteiger partial charge in [-0.1, -0.05) is 44.1 Å². The lowest BCUT2D eigenvalue weighted by molar-refractivity contribution is -0.139. The van der Waals surface area contributed by atoms with E-state index in [0.717, 1.165) is 25.7 Å². The maximum Gasteiger partial charge on any atom is 0.309 e. The van der Waals surface area contributed by atoms with Crippen molar-refractivity contribution in [3.63, 3.8) is 0 Å². The van der Waals surface area contributed by atoms with Gasteiger partial charge in [0.25, 0.3) is 0 Å². The van der Waals surface area contributed by atoms with E-state index >= 15 is 0 Å². The molecule has 0 aromatic carbocycles. The summed E-state index contributed by atoms with van der Waals surface area (Å²) in [5.74, 6) is 0.825. The topological polar surface area (TPSA) is 46.5 Å². The Morgan fingerprint density at radius 2 is 2.14 bits per heavy atom. The predicted octanol–water partition coefficient (Wildman–Crippen LogP) is 4.02. The highest BCUT2D eigenvalue weighted by Crippen LogP contribution is 2.58. The van der Waals surface area contributed by atoms with Crippen molar-refractivity contribution in [2.75, 3.05) is 7.11 Å². The quantitative estimate of drug-likeness (QED) is 0.616. The van der Waals surface area contributed by atoms with Crippen LogP contribution in [0.4, 0.5) is 0 Å². The van der Waals surface area contributed by atoms with E-state index in [1.165, 1.54) is 25.5 Å². The lowest BCUT2D eigenvalue weighted by atomic mass is 9.62. The predicted molar refractivity (Wildman–Crippen MR) is 88.3 cm³/mol. The van der Waals surface area contributed by atoms with Crippen LogP contribution in [0.3, 0.4) is 0 Å². The van der Waals surface area contributed by atoms with Crippen molar-refractivity contribution in [3.05, 3.63) is 23.8 Å². The first-order valence-electron chi connectivity index (χ1n) is 8.63. The normalized spacial score (nSPS) is 35.6. The number of hydrogen-bond acceptors (Lipinski definition) is 3. The molecule has 1 N–H and O–H groups in total. The molecule has 2 aliphatic carbocycles. The molecular weight excluding hydrogens is 276 g/mol. The zero-order chi connectivity index (χ0) is 16.2. The van der Waals surface area contributed by atoms with Crippen molar-refractivity contribution in [3.8, 4) is 0 Å². The lowest BCUT2D eigenvalue weighted by Gasteiger charge is -2.44. The lowest BCUT2D eigenvalue weighted by Crippen LogP contribution is -2.40. The van der Waals surface area contributed by atoms with Crippen molar-refractivity contribution in [2.24, 2.45) is 17.3 Å². The minimum atomic E-state index is -0.203. The molecule has 3 heteroatoms. The molecule has 22 heavy (non-hydrogen) atoms. The molecule has 2 saturated carbocycles. The summed E-state index contributed by atoms with van der Waals surface area (Å²) in [6, 6.07) is 0. The van der Waals surface area contributed by atoms with Gasteiger partial charge in [-0.15, -0.1) is 0 Å². The molecule has 0 saturated heterocycles. The first-order chi connectivity index (χ1) is 10.5. The van der Waals surface area contributed by atoms with Crippen LogP contribution in [0.1, 0.15) is 58.8 Å². The number of fused-ring (bicyclic) bond motifs is 1. The molecule has 0 heterocycles. The van der Waals surface area contributed by atoms with Crippen LogP contribution in [0, 0.1) is 17.3 Å². The van der Waals surface area contributed by atoms with Crippen LogP contribution in [0.2, 0.25) is 0 Å². The Balaban J connectivity index is 2.09. The van der Waals surface area contributed by atoms with Crippen LogP contribution in [0.25, 0.3) is 0 Å². The third kappa shape index (κ3) is 3.45. The summed E-state index contributed by atoms with van der Waals surface area (Å²) < 4.78 is 4.64. The average Bonchev–Trinajstić information content (AvgIpc) is 2.86. The van der Waals surface area contributed by atoms with Gasteiger partial charge in [-0.3, -0.25) is 4.79 Å². The van der Waals surface area contributed by atoms with Crippen molar-refractivity contribution in [2.45, 2.75) is 64.9 Å². The molecule has 2 fully saturated rings. The summed E-state index contributed by atoms with van der Waals surface area (Å²) in [6.07, 6.45) is 12.9. The number of aliphatic hydroxyl groups excluding tert-OH is 1. The van der Waals surface area contributed by atoms with Crippen LogP contribution in [-0.2, 0) is 9.53 Å². The van der Waals surface area contributed by atoms with Gasteiger partial charge in [-0.25, -0.2) is 0 Å². The van der Waals surface area contributed by atoms with Crippen molar-refractivity contribution < 1.29 is 14.6 Å². The van der Waals surface area contributed by atoms with Crippen molar-refractivity contribution >= 4 is 5.97 Å². The number of aliphatic hydroxyl groups is 1. The Kier molecular flexibility index (Phi) is 5.85. The molecule has 0 aromatic heterocycles. The smallest absolute Gasteiger partial charge is 0.309 e.